The number of benzene rings is 1. The second kappa shape index (κ2) is 5.15. The number of hydrogen-bond acceptors (Lipinski definition) is 3. The van der Waals surface area contributed by atoms with E-state index in [9.17, 15) is 9.59 Å². The molecule has 1 unspecified atom stereocenters. The summed E-state index contributed by atoms with van der Waals surface area (Å²) in [4.78, 5) is 24.0. The first-order chi connectivity index (χ1) is 9.63. The van der Waals surface area contributed by atoms with E-state index in [4.69, 9.17) is 0 Å². The predicted molar refractivity (Wildman–Crippen MR) is 76.7 cm³/mol. The highest BCUT2D eigenvalue weighted by molar-refractivity contribution is 5.98. The number of fused-ring (bicyclic) bond motifs is 1. The van der Waals surface area contributed by atoms with Crippen molar-refractivity contribution in [1.82, 2.24) is 10.6 Å². The maximum Gasteiger partial charge on any atom is 0.251 e. The average Bonchev–Trinajstić information content (AvgIpc) is 3.12. The van der Waals surface area contributed by atoms with Gasteiger partial charge in [0.25, 0.3) is 5.91 Å². The van der Waals surface area contributed by atoms with E-state index >= 15 is 0 Å². The number of anilines is 1. The highest BCUT2D eigenvalue weighted by Gasteiger charge is 2.26. The molecule has 20 heavy (non-hydrogen) atoms. The molecule has 1 saturated carbocycles. The summed E-state index contributed by atoms with van der Waals surface area (Å²) < 4.78 is 0. The Hall–Kier alpha value is -2.04. The molecule has 1 aromatic rings. The van der Waals surface area contributed by atoms with Crippen LogP contribution in [0.3, 0.4) is 0 Å². The van der Waals surface area contributed by atoms with Gasteiger partial charge in [-0.15, -0.1) is 0 Å². The van der Waals surface area contributed by atoms with Crippen LogP contribution in [0.1, 0.15) is 35.7 Å². The molecule has 0 radical (unpaired) electrons. The highest BCUT2D eigenvalue weighted by atomic mass is 16.2. The van der Waals surface area contributed by atoms with Crippen LogP contribution < -0.4 is 16.0 Å². The maximum atomic E-state index is 12.1. The lowest BCUT2D eigenvalue weighted by Crippen LogP contribution is -2.45. The molecular formula is C15H19N3O2. The number of amides is 2. The first-order valence-electron chi connectivity index (χ1n) is 7.11. The third-order valence-corrected chi connectivity index (χ3v) is 3.75. The molecule has 3 rings (SSSR count). The van der Waals surface area contributed by atoms with Crippen LogP contribution in [0.4, 0.5) is 5.69 Å². The van der Waals surface area contributed by atoms with Crippen molar-refractivity contribution in [3.05, 3.63) is 29.3 Å². The van der Waals surface area contributed by atoms with Crippen LogP contribution >= 0.6 is 0 Å². The third kappa shape index (κ3) is 2.76. The minimum atomic E-state index is -0.510. The number of nitrogens with one attached hydrogen (secondary N) is 3. The van der Waals surface area contributed by atoms with E-state index < -0.39 is 6.04 Å². The van der Waals surface area contributed by atoms with Gasteiger partial charge in [0, 0.05) is 23.8 Å². The quantitative estimate of drug-likeness (QED) is 0.768. The monoisotopic (exact) mass is 273 g/mol. The Kier molecular flexibility index (Phi) is 3.34. The van der Waals surface area contributed by atoms with Crippen molar-refractivity contribution in [2.75, 3.05) is 11.9 Å². The molecule has 2 aliphatic rings. The molecule has 1 aromatic carbocycles. The third-order valence-electron chi connectivity index (χ3n) is 3.75. The minimum Gasteiger partial charge on any atom is -0.384 e. The predicted octanol–water partition coefficient (Wildman–Crippen LogP) is 1.05. The molecule has 0 bridgehead atoms. The summed E-state index contributed by atoms with van der Waals surface area (Å²) in [5.74, 6) is -0.319. The zero-order valence-corrected chi connectivity index (χ0v) is 11.5. The van der Waals surface area contributed by atoms with Crippen LogP contribution in [0.5, 0.6) is 0 Å². The largest absolute Gasteiger partial charge is 0.384 e. The number of carbonyl (C=O) groups is 2. The van der Waals surface area contributed by atoms with E-state index in [0.717, 1.165) is 31.5 Å². The van der Waals surface area contributed by atoms with E-state index in [2.05, 4.69) is 16.0 Å². The summed E-state index contributed by atoms with van der Waals surface area (Å²) >= 11 is 0. The molecule has 5 nitrogen and oxygen atoms in total. The lowest BCUT2D eigenvalue weighted by molar-refractivity contribution is -0.122. The van der Waals surface area contributed by atoms with Crippen LogP contribution in [0.25, 0.3) is 0 Å². The second-order valence-corrected chi connectivity index (χ2v) is 5.53. The van der Waals surface area contributed by atoms with E-state index in [1.807, 2.05) is 18.2 Å². The summed E-state index contributed by atoms with van der Waals surface area (Å²) in [6.45, 7) is 2.63. The molecule has 1 aliphatic heterocycles. The molecule has 0 spiro atoms. The van der Waals surface area contributed by atoms with Gasteiger partial charge in [0.2, 0.25) is 5.91 Å². The van der Waals surface area contributed by atoms with Gasteiger partial charge in [-0.2, -0.15) is 0 Å². The molecule has 3 N–H and O–H groups in total. The minimum absolute atomic E-state index is 0.111. The first-order valence-corrected chi connectivity index (χ1v) is 7.11. The van der Waals surface area contributed by atoms with Crippen LogP contribution in [0.2, 0.25) is 0 Å². The number of rotatable bonds is 4. The summed E-state index contributed by atoms with van der Waals surface area (Å²) in [5.41, 5.74) is 2.85. The van der Waals surface area contributed by atoms with Crippen LogP contribution in [-0.4, -0.2) is 30.4 Å². The summed E-state index contributed by atoms with van der Waals surface area (Å²) in [6, 6.07) is 5.44. The topological polar surface area (TPSA) is 70.2 Å². The van der Waals surface area contributed by atoms with Crippen molar-refractivity contribution in [2.45, 2.75) is 38.3 Å². The molecule has 5 heteroatoms. The lowest BCUT2D eigenvalue weighted by Gasteiger charge is -2.14. The Labute approximate surface area is 118 Å². The van der Waals surface area contributed by atoms with Gasteiger partial charge in [-0.1, -0.05) is 6.07 Å². The van der Waals surface area contributed by atoms with Crippen LogP contribution in [-0.2, 0) is 11.2 Å². The smallest absolute Gasteiger partial charge is 0.251 e. The highest BCUT2D eigenvalue weighted by Crippen LogP contribution is 2.23. The Bertz CT molecular complexity index is 552. The Morgan fingerprint density at radius 3 is 2.90 bits per heavy atom. The first kappa shape index (κ1) is 13.0. The molecular weight excluding hydrogens is 254 g/mol. The Morgan fingerprint density at radius 2 is 2.15 bits per heavy atom. The maximum absolute atomic E-state index is 12.1. The normalized spacial score (nSPS) is 17.9. The van der Waals surface area contributed by atoms with E-state index in [-0.39, 0.29) is 11.8 Å². The van der Waals surface area contributed by atoms with Crippen molar-refractivity contribution in [3.8, 4) is 0 Å². The zero-order valence-electron chi connectivity index (χ0n) is 11.5. The van der Waals surface area contributed by atoms with E-state index in [1.54, 1.807) is 6.92 Å². The summed E-state index contributed by atoms with van der Waals surface area (Å²) in [7, 11) is 0. The fourth-order valence-corrected chi connectivity index (χ4v) is 2.33. The Balaban J connectivity index is 1.61. The van der Waals surface area contributed by atoms with Gasteiger partial charge in [-0.3, -0.25) is 9.59 Å². The lowest BCUT2D eigenvalue weighted by atomic mass is 10.1. The van der Waals surface area contributed by atoms with Crippen molar-refractivity contribution in [1.29, 1.82) is 0 Å². The molecule has 1 heterocycles. The average molecular weight is 273 g/mol. The van der Waals surface area contributed by atoms with Crippen molar-refractivity contribution < 1.29 is 9.59 Å². The van der Waals surface area contributed by atoms with Gasteiger partial charge in [0.05, 0.1) is 0 Å². The summed E-state index contributed by atoms with van der Waals surface area (Å²) in [6.07, 6.45) is 3.09. The second-order valence-electron chi connectivity index (χ2n) is 5.53. The molecule has 1 atom stereocenters. The fraction of sp³-hybridized carbons (Fsp3) is 0.467. The SMILES string of the molecule is CC(NC(=O)c1ccc2c(c1)NCC2)C(=O)NC1CC1. The van der Waals surface area contributed by atoms with E-state index in [1.165, 1.54) is 5.56 Å². The molecule has 1 aliphatic carbocycles. The number of hydrogen-bond donors (Lipinski definition) is 3. The van der Waals surface area contributed by atoms with E-state index in [0.29, 0.717) is 11.6 Å². The Morgan fingerprint density at radius 1 is 1.35 bits per heavy atom. The summed E-state index contributed by atoms with van der Waals surface area (Å²) in [5, 5.41) is 8.87. The van der Waals surface area contributed by atoms with Gasteiger partial charge in [-0.05, 0) is 43.9 Å². The molecule has 0 aromatic heterocycles. The van der Waals surface area contributed by atoms with Crippen LogP contribution in [0.15, 0.2) is 18.2 Å². The van der Waals surface area contributed by atoms with Crippen molar-refractivity contribution in [3.63, 3.8) is 0 Å². The standard InChI is InChI=1S/C15H19N3O2/c1-9(14(19)18-12-4-5-12)17-15(20)11-3-2-10-6-7-16-13(10)8-11/h2-3,8-9,12,16H,4-7H2,1H3,(H,17,20)(H,18,19). The van der Waals surface area contributed by atoms with Gasteiger partial charge in [0.1, 0.15) is 6.04 Å². The fourth-order valence-electron chi connectivity index (χ4n) is 2.33. The van der Waals surface area contributed by atoms with Gasteiger partial charge < -0.3 is 16.0 Å². The van der Waals surface area contributed by atoms with Gasteiger partial charge >= 0.3 is 0 Å². The van der Waals surface area contributed by atoms with Crippen molar-refractivity contribution >= 4 is 17.5 Å². The molecule has 2 amide bonds. The van der Waals surface area contributed by atoms with Crippen molar-refractivity contribution in [2.24, 2.45) is 0 Å². The number of carbonyl (C=O) groups excluding carboxylic acids is 2. The van der Waals surface area contributed by atoms with Gasteiger partial charge in [-0.25, -0.2) is 0 Å². The van der Waals surface area contributed by atoms with Crippen LogP contribution in [0, 0.1) is 0 Å². The molecule has 106 valence electrons. The molecule has 1 fully saturated rings. The molecule has 0 saturated heterocycles. The zero-order chi connectivity index (χ0) is 14.1. The van der Waals surface area contributed by atoms with Gasteiger partial charge in [0.15, 0.2) is 0 Å².